The Morgan fingerprint density at radius 3 is 2.88 bits per heavy atom. The lowest BCUT2D eigenvalue weighted by Crippen LogP contribution is -2.02. The second-order valence-corrected chi connectivity index (χ2v) is 5.08. The molecule has 17 heavy (non-hydrogen) atoms. The van der Waals surface area contributed by atoms with Crippen LogP contribution in [0.2, 0.25) is 0 Å². The number of nitrogens with zero attached hydrogens (tertiary/aromatic N) is 2. The van der Waals surface area contributed by atoms with Crippen molar-refractivity contribution in [3.8, 4) is 11.3 Å². The quantitative estimate of drug-likeness (QED) is 0.883. The SMILES string of the molecule is CCCc1nc(-c2cccnc2)c(CCN)s1. The zero-order chi connectivity index (χ0) is 12.1. The maximum Gasteiger partial charge on any atom is 0.0935 e. The van der Waals surface area contributed by atoms with Crippen LogP contribution in [0.3, 0.4) is 0 Å². The number of aryl methyl sites for hydroxylation is 1. The van der Waals surface area contributed by atoms with E-state index in [1.54, 1.807) is 17.5 Å². The van der Waals surface area contributed by atoms with Gasteiger partial charge in [-0.3, -0.25) is 4.98 Å². The molecule has 0 saturated heterocycles. The van der Waals surface area contributed by atoms with Gasteiger partial charge in [-0.1, -0.05) is 6.92 Å². The minimum atomic E-state index is 0.668. The van der Waals surface area contributed by atoms with Crippen LogP contribution >= 0.6 is 11.3 Å². The molecular formula is C13H17N3S. The van der Waals surface area contributed by atoms with Crippen LogP contribution in [0.25, 0.3) is 11.3 Å². The minimum absolute atomic E-state index is 0.668. The Balaban J connectivity index is 2.37. The monoisotopic (exact) mass is 247 g/mol. The third-order valence-corrected chi connectivity index (χ3v) is 3.69. The second kappa shape index (κ2) is 5.89. The lowest BCUT2D eigenvalue weighted by Gasteiger charge is -1.99. The van der Waals surface area contributed by atoms with E-state index >= 15 is 0 Å². The van der Waals surface area contributed by atoms with Gasteiger partial charge in [-0.25, -0.2) is 4.98 Å². The smallest absolute Gasteiger partial charge is 0.0935 e. The van der Waals surface area contributed by atoms with E-state index in [2.05, 4.69) is 18.0 Å². The molecule has 3 nitrogen and oxygen atoms in total. The Kier molecular flexibility index (Phi) is 4.23. The summed E-state index contributed by atoms with van der Waals surface area (Å²) < 4.78 is 0. The molecule has 90 valence electrons. The Labute approximate surface area is 106 Å². The number of nitrogens with two attached hydrogens (primary N) is 1. The van der Waals surface area contributed by atoms with Gasteiger partial charge in [-0.15, -0.1) is 11.3 Å². The molecule has 0 aromatic carbocycles. The largest absolute Gasteiger partial charge is 0.330 e. The van der Waals surface area contributed by atoms with Crippen molar-refractivity contribution in [3.05, 3.63) is 34.4 Å². The predicted molar refractivity (Wildman–Crippen MR) is 72.1 cm³/mol. The van der Waals surface area contributed by atoms with Crippen molar-refractivity contribution in [1.82, 2.24) is 9.97 Å². The standard InChI is InChI=1S/C13H17N3S/c1-2-4-12-16-13(11(17-12)6-7-14)10-5-3-8-15-9-10/h3,5,8-9H,2,4,6-7,14H2,1H3. The Morgan fingerprint density at radius 2 is 2.24 bits per heavy atom. The first-order chi connectivity index (χ1) is 8.35. The molecule has 2 aromatic rings. The second-order valence-electron chi connectivity index (χ2n) is 3.91. The van der Waals surface area contributed by atoms with Crippen LogP contribution in [0.1, 0.15) is 23.2 Å². The first-order valence-electron chi connectivity index (χ1n) is 5.94. The maximum absolute atomic E-state index is 5.65. The highest BCUT2D eigenvalue weighted by atomic mass is 32.1. The third kappa shape index (κ3) is 2.90. The number of pyridine rings is 1. The van der Waals surface area contributed by atoms with Gasteiger partial charge in [0.1, 0.15) is 0 Å². The van der Waals surface area contributed by atoms with Crippen LogP contribution < -0.4 is 5.73 Å². The maximum atomic E-state index is 5.65. The number of rotatable bonds is 5. The predicted octanol–water partition coefficient (Wildman–Crippen LogP) is 2.66. The highest BCUT2D eigenvalue weighted by molar-refractivity contribution is 7.12. The van der Waals surface area contributed by atoms with Crippen LogP contribution in [0.15, 0.2) is 24.5 Å². The highest BCUT2D eigenvalue weighted by Crippen LogP contribution is 2.28. The number of aromatic nitrogens is 2. The summed E-state index contributed by atoms with van der Waals surface area (Å²) in [6, 6.07) is 4.00. The normalized spacial score (nSPS) is 10.7. The molecule has 0 bridgehead atoms. The molecule has 0 aliphatic carbocycles. The van der Waals surface area contributed by atoms with Gasteiger partial charge in [-0.05, 0) is 37.9 Å². The molecular weight excluding hydrogens is 230 g/mol. The molecule has 2 N–H and O–H groups in total. The van der Waals surface area contributed by atoms with Crippen LogP contribution in [0, 0.1) is 0 Å². The van der Waals surface area contributed by atoms with E-state index in [4.69, 9.17) is 10.7 Å². The summed E-state index contributed by atoms with van der Waals surface area (Å²) in [7, 11) is 0. The van der Waals surface area contributed by atoms with E-state index in [1.807, 2.05) is 12.3 Å². The first kappa shape index (κ1) is 12.2. The summed E-state index contributed by atoms with van der Waals surface area (Å²) in [6.45, 7) is 2.84. The topological polar surface area (TPSA) is 51.8 Å². The van der Waals surface area contributed by atoms with Gasteiger partial charge in [0.05, 0.1) is 10.7 Å². The van der Waals surface area contributed by atoms with E-state index < -0.39 is 0 Å². The molecule has 0 spiro atoms. The molecule has 2 heterocycles. The average Bonchev–Trinajstić information content (AvgIpc) is 2.74. The Bertz CT molecular complexity index is 465. The molecule has 0 amide bonds. The van der Waals surface area contributed by atoms with Crippen molar-refractivity contribution >= 4 is 11.3 Å². The number of hydrogen-bond acceptors (Lipinski definition) is 4. The third-order valence-electron chi connectivity index (χ3n) is 2.51. The van der Waals surface area contributed by atoms with Crippen molar-refractivity contribution in [2.75, 3.05) is 6.54 Å². The first-order valence-corrected chi connectivity index (χ1v) is 6.75. The van der Waals surface area contributed by atoms with Crippen molar-refractivity contribution in [2.45, 2.75) is 26.2 Å². The van der Waals surface area contributed by atoms with E-state index in [0.29, 0.717) is 6.54 Å². The van der Waals surface area contributed by atoms with Gasteiger partial charge < -0.3 is 5.73 Å². The molecule has 0 aliphatic heterocycles. The van der Waals surface area contributed by atoms with E-state index in [1.165, 1.54) is 9.88 Å². The molecule has 0 fully saturated rings. The van der Waals surface area contributed by atoms with Gasteiger partial charge in [0.25, 0.3) is 0 Å². The molecule has 2 rings (SSSR count). The molecule has 2 aromatic heterocycles. The summed E-state index contributed by atoms with van der Waals surface area (Å²) >= 11 is 1.78. The molecule has 0 radical (unpaired) electrons. The summed E-state index contributed by atoms with van der Waals surface area (Å²) in [5, 5.41) is 1.20. The van der Waals surface area contributed by atoms with Crippen LogP contribution in [-0.4, -0.2) is 16.5 Å². The summed E-state index contributed by atoms with van der Waals surface area (Å²) in [5.74, 6) is 0. The number of hydrogen-bond donors (Lipinski definition) is 1. The zero-order valence-corrected chi connectivity index (χ0v) is 10.8. The lowest BCUT2D eigenvalue weighted by atomic mass is 10.1. The van der Waals surface area contributed by atoms with Gasteiger partial charge in [0.2, 0.25) is 0 Å². The van der Waals surface area contributed by atoms with Gasteiger partial charge in [0.15, 0.2) is 0 Å². The van der Waals surface area contributed by atoms with E-state index in [0.717, 1.165) is 30.5 Å². The summed E-state index contributed by atoms with van der Waals surface area (Å²) in [6.07, 6.45) is 6.71. The molecule has 0 atom stereocenters. The Morgan fingerprint density at radius 1 is 1.35 bits per heavy atom. The average molecular weight is 247 g/mol. The summed E-state index contributed by atoms with van der Waals surface area (Å²) in [4.78, 5) is 10.1. The van der Waals surface area contributed by atoms with Crippen molar-refractivity contribution in [3.63, 3.8) is 0 Å². The van der Waals surface area contributed by atoms with E-state index in [9.17, 15) is 0 Å². The van der Waals surface area contributed by atoms with Crippen LogP contribution in [-0.2, 0) is 12.8 Å². The summed E-state index contributed by atoms with van der Waals surface area (Å²) in [5.41, 5.74) is 7.81. The van der Waals surface area contributed by atoms with Gasteiger partial charge in [-0.2, -0.15) is 0 Å². The van der Waals surface area contributed by atoms with Crippen LogP contribution in [0.4, 0.5) is 0 Å². The lowest BCUT2D eigenvalue weighted by molar-refractivity contribution is 0.909. The molecule has 4 heteroatoms. The minimum Gasteiger partial charge on any atom is -0.330 e. The molecule has 0 aliphatic rings. The fourth-order valence-electron chi connectivity index (χ4n) is 1.75. The van der Waals surface area contributed by atoms with Gasteiger partial charge in [0, 0.05) is 22.8 Å². The van der Waals surface area contributed by atoms with Crippen molar-refractivity contribution < 1.29 is 0 Å². The van der Waals surface area contributed by atoms with E-state index in [-0.39, 0.29) is 0 Å². The number of thiazole rings is 1. The highest BCUT2D eigenvalue weighted by Gasteiger charge is 2.11. The zero-order valence-electron chi connectivity index (χ0n) is 10.0. The fourth-order valence-corrected chi connectivity index (χ4v) is 2.96. The Hall–Kier alpha value is -1.26. The van der Waals surface area contributed by atoms with Crippen LogP contribution in [0.5, 0.6) is 0 Å². The molecule has 0 unspecified atom stereocenters. The van der Waals surface area contributed by atoms with Crippen molar-refractivity contribution in [2.24, 2.45) is 5.73 Å². The fraction of sp³-hybridized carbons (Fsp3) is 0.385. The van der Waals surface area contributed by atoms with Gasteiger partial charge >= 0.3 is 0 Å². The molecule has 0 saturated carbocycles. The van der Waals surface area contributed by atoms with Crippen molar-refractivity contribution in [1.29, 1.82) is 0 Å².